The van der Waals surface area contributed by atoms with Gasteiger partial charge in [-0.25, -0.2) is 0 Å². The molecule has 0 aliphatic rings. The van der Waals surface area contributed by atoms with Gasteiger partial charge in [0.05, 0.1) is 12.2 Å². The number of nitrogens with zero attached hydrogens (tertiary/aromatic N) is 1. The molecule has 17 heavy (non-hydrogen) atoms. The summed E-state index contributed by atoms with van der Waals surface area (Å²) in [5.74, 6) is -0.0790. The van der Waals surface area contributed by atoms with Crippen LogP contribution in [-0.4, -0.2) is 19.9 Å². The summed E-state index contributed by atoms with van der Waals surface area (Å²) in [6.07, 6.45) is -4.42. The van der Waals surface area contributed by atoms with Crippen LogP contribution < -0.4 is 4.74 Å². The highest BCUT2D eigenvalue weighted by molar-refractivity contribution is 5.45. The lowest BCUT2D eigenvalue weighted by Crippen LogP contribution is -2.19. The zero-order chi connectivity index (χ0) is 12.9. The van der Waals surface area contributed by atoms with Crippen LogP contribution in [0.1, 0.15) is 11.1 Å². The van der Waals surface area contributed by atoms with Crippen molar-refractivity contribution in [2.75, 3.05) is 13.7 Å². The molecule has 0 aromatic heterocycles. The van der Waals surface area contributed by atoms with Gasteiger partial charge in [-0.1, -0.05) is 6.07 Å². The first-order chi connectivity index (χ1) is 7.96. The lowest BCUT2D eigenvalue weighted by molar-refractivity contribution is -0.153. The number of ether oxygens (including phenoxy) is 2. The quantitative estimate of drug-likeness (QED) is 0.818. The molecule has 0 radical (unpaired) electrons. The fraction of sp³-hybridized carbons (Fsp3) is 0.364. The first-order valence-electron chi connectivity index (χ1n) is 4.68. The zero-order valence-electron chi connectivity index (χ0n) is 9.04. The van der Waals surface area contributed by atoms with Crippen molar-refractivity contribution in [1.29, 1.82) is 5.26 Å². The average molecular weight is 245 g/mol. The Labute approximate surface area is 96.4 Å². The molecule has 0 heterocycles. The Hall–Kier alpha value is -1.74. The Bertz CT molecular complexity index is 424. The molecule has 0 saturated heterocycles. The van der Waals surface area contributed by atoms with Gasteiger partial charge in [-0.3, -0.25) is 0 Å². The van der Waals surface area contributed by atoms with Crippen LogP contribution in [0.3, 0.4) is 0 Å². The van der Waals surface area contributed by atoms with E-state index in [4.69, 9.17) is 10.00 Å². The molecule has 6 heteroatoms. The fourth-order valence-electron chi connectivity index (χ4n) is 1.21. The Balaban J connectivity index is 2.83. The summed E-state index contributed by atoms with van der Waals surface area (Å²) in [6, 6.07) is 6.11. The van der Waals surface area contributed by atoms with Crippen molar-refractivity contribution in [3.05, 3.63) is 29.3 Å². The van der Waals surface area contributed by atoms with Crippen LogP contribution in [0.2, 0.25) is 0 Å². The van der Waals surface area contributed by atoms with Crippen molar-refractivity contribution < 1.29 is 22.6 Å². The van der Waals surface area contributed by atoms with Crippen molar-refractivity contribution in [3.63, 3.8) is 0 Å². The molecular formula is C11H10F3NO2. The topological polar surface area (TPSA) is 42.2 Å². The summed E-state index contributed by atoms with van der Waals surface area (Å²) in [5, 5.41) is 8.79. The molecule has 3 nitrogen and oxygen atoms in total. The lowest BCUT2D eigenvalue weighted by Gasteiger charge is -2.11. The maximum absolute atomic E-state index is 11.9. The molecule has 0 aliphatic carbocycles. The highest BCUT2D eigenvalue weighted by atomic mass is 19.4. The van der Waals surface area contributed by atoms with Crippen LogP contribution in [0.5, 0.6) is 5.75 Å². The normalized spacial score (nSPS) is 11.0. The van der Waals surface area contributed by atoms with Gasteiger partial charge in [-0.15, -0.1) is 0 Å². The highest BCUT2D eigenvalue weighted by Gasteiger charge is 2.28. The summed E-state index contributed by atoms with van der Waals surface area (Å²) >= 11 is 0. The van der Waals surface area contributed by atoms with E-state index in [2.05, 4.69) is 4.74 Å². The Morgan fingerprint density at radius 3 is 2.59 bits per heavy atom. The second-order valence-corrected chi connectivity index (χ2v) is 3.28. The van der Waals surface area contributed by atoms with Crippen LogP contribution in [-0.2, 0) is 11.3 Å². The summed E-state index contributed by atoms with van der Waals surface area (Å²) in [7, 11) is 1.49. The third-order valence-corrected chi connectivity index (χ3v) is 1.87. The second kappa shape index (κ2) is 5.55. The number of benzene rings is 1. The largest absolute Gasteiger partial charge is 0.483 e. The minimum absolute atomic E-state index is 0.0591. The Kier molecular flexibility index (Phi) is 4.35. The smallest absolute Gasteiger partial charge is 0.422 e. The number of hydrogen-bond acceptors (Lipinski definition) is 3. The molecule has 0 N–H and O–H groups in total. The Morgan fingerprint density at radius 2 is 2.06 bits per heavy atom. The van der Waals surface area contributed by atoms with Crippen LogP contribution >= 0.6 is 0 Å². The molecular weight excluding hydrogens is 235 g/mol. The predicted molar refractivity (Wildman–Crippen MR) is 53.4 cm³/mol. The molecule has 0 aliphatic heterocycles. The predicted octanol–water partition coefficient (Wildman–Crippen LogP) is 2.65. The molecule has 0 saturated carbocycles. The first-order valence-corrected chi connectivity index (χ1v) is 4.68. The van der Waals surface area contributed by atoms with Crippen molar-refractivity contribution in [2.24, 2.45) is 0 Å². The number of rotatable bonds is 4. The Morgan fingerprint density at radius 1 is 1.35 bits per heavy atom. The maximum atomic E-state index is 11.9. The summed E-state index contributed by atoms with van der Waals surface area (Å²) in [5.41, 5.74) is 0.757. The molecule has 0 bridgehead atoms. The molecule has 0 fully saturated rings. The van der Waals surface area contributed by atoms with Crippen molar-refractivity contribution >= 4 is 0 Å². The van der Waals surface area contributed by atoms with E-state index < -0.39 is 12.8 Å². The number of hydrogen-bond donors (Lipinski definition) is 0. The van der Waals surface area contributed by atoms with E-state index in [9.17, 15) is 13.2 Å². The van der Waals surface area contributed by atoms with E-state index in [1.165, 1.54) is 19.2 Å². The van der Waals surface area contributed by atoms with Gasteiger partial charge in [0, 0.05) is 7.11 Å². The first kappa shape index (κ1) is 13.3. The van der Waals surface area contributed by atoms with Gasteiger partial charge < -0.3 is 9.47 Å². The van der Waals surface area contributed by atoms with Crippen molar-refractivity contribution in [3.8, 4) is 11.8 Å². The summed E-state index contributed by atoms with van der Waals surface area (Å²) in [4.78, 5) is 0. The molecule has 0 spiro atoms. The minimum Gasteiger partial charge on any atom is -0.483 e. The van der Waals surface area contributed by atoms with E-state index in [-0.39, 0.29) is 17.9 Å². The van der Waals surface area contributed by atoms with Crippen molar-refractivity contribution in [1.82, 2.24) is 0 Å². The number of alkyl halides is 3. The van der Waals surface area contributed by atoms with Gasteiger partial charge in [-0.2, -0.15) is 18.4 Å². The highest BCUT2D eigenvalue weighted by Crippen LogP contribution is 2.23. The zero-order valence-corrected chi connectivity index (χ0v) is 9.04. The van der Waals surface area contributed by atoms with Gasteiger partial charge in [-0.05, 0) is 17.7 Å². The van der Waals surface area contributed by atoms with Crippen LogP contribution in [0.15, 0.2) is 18.2 Å². The monoisotopic (exact) mass is 245 g/mol. The van der Waals surface area contributed by atoms with Gasteiger partial charge in [0.2, 0.25) is 0 Å². The molecule has 0 atom stereocenters. The SMILES string of the molecule is COCc1ccc(OCC(F)(F)F)c(C#N)c1. The van der Waals surface area contributed by atoms with Crippen molar-refractivity contribution in [2.45, 2.75) is 12.8 Å². The molecule has 1 aromatic carbocycles. The van der Waals surface area contributed by atoms with E-state index in [0.717, 1.165) is 0 Å². The third kappa shape index (κ3) is 4.33. The van der Waals surface area contributed by atoms with E-state index in [0.29, 0.717) is 5.56 Å². The number of nitriles is 1. The molecule has 92 valence electrons. The van der Waals surface area contributed by atoms with E-state index in [1.54, 1.807) is 12.1 Å². The summed E-state index contributed by atoms with van der Waals surface area (Å²) in [6.45, 7) is -1.13. The average Bonchev–Trinajstić information content (AvgIpc) is 2.26. The van der Waals surface area contributed by atoms with Gasteiger partial charge in [0.15, 0.2) is 6.61 Å². The minimum atomic E-state index is -4.42. The van der Waals surface area contributed by atoms with Gasteiger partial charge in [0.25, 0.3) is 0 Å². The molecule has 1 aromatic rings. The van der Waals surface area contributed by atoms with Gasteiger partial charge >= 0.3 is 6.18 Å². The molecule has 0 amide bonds. The van der Waals surface area contributed by atoms with E-state index in [1.807, 2.05) is 0 Å². The number of halogens is 3. The number of methoxy groups -OCH3 is 1. The molecule has 0 unspecified atom stereocenters. The van der Waals surface area contributed by atoms with Crippen LogP contribution in [0.4, 0.5) is 13.2 Å². The van der Waals surface area contributed by atoms with E-state index >= 15 is 0 Å². The van der Waals surface area contributed by atoms with Crippen LogP contribution in [0, 0.1) is 11.3 Å². The molecule has 1 rings (SSSR count). The fourth-order valence-corrected chi connectivity index (χ4v) is 1.21. The second-order valence-electron chi connectivity index (χ2n) is 3.28. The lowest BCUT2D eigenvalue weighted by atomic mass is 10.1. The van der Waals surface area contributed by atoms with Gasteiger partial charge in [0.1, 0.15) is 11.8 Å². The summed E-state index contributed by atoms with van der Waals surface area (Å²) < 4.78 is 45.2. The third-order valence-electron chi connectivity index (χ3n) is 1.87. The van der Waals surface area contributed by atoms with Crippen LogP contribution in [0.25, 0.3) is 0 Å². The maximum Gasteiger partial charge on any atom is 0.422 e. The standard InChI is InChI=1S/C11H10F3NO2/c1-16-6-8-2-3-10(9(4-8)5-15)17-7-11(12,13)14/h2-4H,6-7H2,1H3.